The number of nitrogens with zero attached hydrogens (tertiary/aromatic N) is 2. The average molecular weight is 280 g/mol. The van der Waals surface area contributed by atoms with Crippen LogP contribution in [0.5, 0.6) is 0 Å². The Morgan fingerprint density at radius 3 is 2.63 bits per heavy atom. The molecular formula is C13H16N2O3S. The summed E-state index contributed by atoms with van der Waals surface area (Å²) in [6.45, 7) is 2.14. The SMILES string of the molecule is Cc1ccccc1C(O)Cn1cc(S(C)(=O)=O)cn1. The molecule has 19 heavy (non-hydrogen) atoms. The maximum Gasteiger partial charge on any atom is 0.178 e. The molecule has 0 spiro atoms. The first-order valence-electron chi connectivity index (χ1n) is 5.84. The van der Waals surface area contributed by atoms with E-state index in [9.17, 15) is 13.5 Å². The van der Waals surface area contributed by atoms with Crippen LogP contribution in [0.15, 0.2) is 41.6 Å². The van der Waals surface area contributed by atoms with E-state index in [4.69, 9.17) is 0 Å². The van der Waals surface area contributed by atoms with Crippen molar-refractivity contribution in [2.75, 3.05) is 6.26 Å². The second-order valence-corrected chi connectivity index (χ2v) is 6.56. The number of rotatable bonds is 4. The highest BCUT2D eigenvalue weighted by Crippen LogP contribution is 2.19. The van der Waals surface area contributed by atoms with E-state index in [1.807, 2.05) is 31.2 Å². The van der Waals surface area contributed by atoms with Gasteiger partial charge in [-0.25, -0.2) is 8.42 Å². The zero-order valence-electron chi connectivity index (χ0n) is 10.8. The summed E-state index contributed by atoms with van der Waals surface area (Å²) in [6.07, 6.45) is 3.14. The lowest BCUT2D eigenvalue weighted by molar-refractivity contribution is 0.151. The largest absolute Gasteiger partial charge is 0.386 e. The third-order valence-corrected chi connectivity index (χ3v) is 4.01. The molecule has 1 atom stereocenters. The summed E-state index contributed by atoms with van der Waals surface area (Å²) in [7, 11) is -3.26. The van der Waals surface area contributed by atoms with Gasteiger partial charge in [0.1, 0.15) is 4.90 Å². The molecule has 0 amide bonds. The van der Waals surface area contributed by atoms with Crippen molar-refractivity contribution in [1.82, 2.24) is 9.78 Å². The Morgan fingerprint density at radius 2 is 2.05 bits per heavy atom. The van der Waals surface area contributed by atoms with E-state index in [2.05, 4.69) is 5.10 Å². The molecule has 0 aliphatic heterocycles. The fourth-order valence-corrected chi connectivity index (χ4v) is 2.42. The van der Waals surface area contributed by atoms with Gasteiger partial charge in [0.05, 0.1) is 18.8 Å². The summed E-state index contributed by atoms with van der Waals surface area (Å²) < 4.78 is 24.1. The lowest BCUT2D eigenvalue weighted by atomic mass is 10.0. The van der Waals surface area contributed by atoms with Gasteiger partial charge in [-0.05, 0) is 18.1 Å². The van der Waals surface area contributed by atoms with Crippen LogP contribution in [0.3, 0.4) is 0 Å². The van der Waals surface area contributed by atoms with Crippen molar-refractivity contribution in [2.45, 2.75) is 24.5 Å². The Kier molecular flexibility index (Phi) is 3.73. The van der Waals surface area contributed by atoms with Crippen LogP contribution in [0.25, 0.3) is 0 Å². The van der Waals surface area contributed by atoms with Crippen LogP contribution in [0.2, 0.25) is 0 Å². The average Bonchev–Trinajstić information content (AvgIpc) is 2.77. The van der Waals surface area contributed by atoms with Crippen LogP contribution in [0.4, 0.5) is 0 Å². The Hall–Kier alpha value is -1.66. The molecule has 0 fully saturated rings. The van der Waals surface area contributed by atoms with Crippen LogP contribution < -0.4 is 0 Å². The Bertz CT molecular complexity index is 677. The number of hydrogen-bond donors (Lipinski definition) is 1. The second-order valence-electron chi connectivity index (χ2n) is 4.54. The van der Waals surface area contributed by atoms with Crippen LogP contribution in [-0.4, -0.2) is 29.6 Å². The zero-order chi connectivity index (χ0) is 14.0. The molecular weight excluding hydrogens is 264 g/mol. The van der Waals surface area contributed by atoms with Crippen molar-refractivity contribution in [3.8, 4) is 0 Å². The van der Waals surface area contributed by atoms with Gasteiger partial charge in [-0.1, -0.05) is 24.3 Å². The highest BCUT2D eigenvalue weighted by Gasteiger charge is 2.14. The normalized spacial score (nSPS) is 13.4. The van der Waals surface area contributed by atoms with Gasteiger partial charge >= 0.3 is 0 Å². The molecule has 5 nitrogen and oxygen atoms in total. The number of aryl methyl sites for hydroxylation is 1. The molecule has 1 N–H and O–H groups in total. The first kappa shape index (κ1) is 13.8. The molecule has 1 aromatic heterocycles. The topological polar surface area (TPSA) is 72.2 Å². The molecule has 0 aliphatic rings. The summed E-state index contributed by atoms with van der Waals surface area (Å²) in [4.78, 5) is 0.157. The quantitative estimate of drug-likeness (QED) is 0.917. The lowest BCUT2D eigenvalue weighted by Gasteiger charge is -2.13. The number of sulfone groups is 1. The Balaban J connectivity index is 2.18. The van der Waals surface area contributed by atoms with Crippen molar-refractivity contribution in [3.05, 3.63) is 47.8 Å². The summed E-state index contributed by atoms with van der Waals surface area (Å²) in [5.74, 6) is 0. The molecule has 0 saturated carbocycles. The van der Waals surface area contributed by atoms with Gasteiger partial charge in [0, 0.05) is 12.5 Å². The third kappa shape index (κ3) is 3.21. The zero-order valence-corrected chi connectivity index (χ0v) is 11.6. The minimum absolute atomic E-state index is 0.157. The number of benzene rings is 1. The minimum atomic E-state index is -3.26. The Labute approximate surface area is 112 Å². The Morgan fingerprint density at radius 1 is 1.37 bits per heavy atom. The van der Waals surface area contributed by atoms with E-state index in [0.29, 0.717) is 0 Å². The van der Waals surface area contributed by atoms with Gasteiger partial charge in [-0.2, -0.15) is 5.10 Å². The molecule has 2 rings (SSSR count). The van der Waals surface area contributed by atoms with Crippen molar-refractivity contribution < 1.29 is 13.5 Å². The van der Waals surface area contributed by atoms with Crippen molar-refractivity contribution >= 4 is 9.84 Å². The van der Waals surface area contributed by atoms with Crippen molar-refractivity contribution in [1.29, 1.82) is 0 Å². The maximum atomic E-state index is 11.3. The molecule has 6 heteroatoms. The highest BCUT2D eigenvalue weighted by atomic mass is 32.2. The number of hydrogen-bond acceptors (Lipinski definition) is 4. The van der Waals surface area contributed by atoms with E-state index >= 15 is 0 Å². The first-order chi connectivity index (χ1) is 8.88. The second kappa shape index (κ2) is 5.14. The van der Waals surface area contributed by atoms with Crippen LogP contribution in [-0.2, 0) is 16.4 Å². The predicted octanol–water partition coefficient (Wildman–Crippen LogP) is 1.33. The van der Waals surface area contributed by atoms with E-state index < -0.39 is 15.9 Å². The summed E-state index contributed by atoms with van der Waals surface area (Å²) in [5, 5.41) is 14.1. The highest BCUT2D eigenvalue weighted by molar-refractivity contribution is 7.90. The molecule has 102 valence electrons. The smallest absolute Gasteiger partial charge is 0.178 e. The van der Waals surface area contributed by atoms with E-state index in [1.165, 1.54) is 17.1 Å². The van der Waals surface area contributed by atoms with E-state index in [-0.39, 0.29) is 11.4 Å². The number of aliphatic hydroxyl groups is 1. The first-order valence-corrected chi connectivity index (χ1v) is 7.73. The fourth-order valence-electron chi connectivity index (χ4n) is 1.87. The van der Waals surface area contributed by atoms with Gasteiger partial charge in [0.25, 0.3) is 0 Å². The van der Waals surface area contributed by atoms with Gasteiger partial charge < -0.3 is 5.11 Å². The molecule has 0 radical (unpaired) electrons. The van der Waals surface area contributed by atoms with Gasteiger partial charge in [0.15, 0.2) is 9.84 Å². The van der Waals surface area contributed by atoms with Crippen molar-refractivity contribution in [2.24, 2.45) is 0 Å². The molecule has 2 aromatic rings. The monoisotopic (exact) mass is 280 g/mol. The molecule has 0 saturated heterocycles. The fraction of sp³-hybridized carbons (Fsp3) is 0.308. The summed E-state index contributed by atoms with van der Waals surface area (Å²) >= 11 is 0. The number of aromatic nitrogens is 2. The molecule has 0 bridgehead atoms. The molecule has 1 unspecified atom stereocenters. The van der Waals surface area contributed by atoms with Crippen molar-refractivity contribution in [3.63, 3.8) is 0 Å². The van der Waals surface area contributed by atoms with E-state index in [1.54, 1.807) is 0 Å². The molecule has 0 aliphatic carbocycles. The van der Waals surface area contributed by atoms with Gasteiger partial charge in [-0.3, -0.25) is 4.68 Å². The number of aliphatic hydroxyl groups excluding tert-OH is 1. The minimum Gasteiger partial charge on any atom is -0.386 e. The standard InChI is InChI=1S/C13H16N2O3S/c1-10-5-3-4-6-12(10)13(16)9-15-8-11(7-14-15)19(2,17)18/h3-8,13,16H,9H2,1-2H3. The van der Waals surface area contributed by atoms with Crippen LogP contribution >= 0.6 is 0 Å². The molecule has 1 heterocycles. The van der Waals surface area contributed by atoms with Crippen LogP contribution in [0.1, 0.15) is 17.2 Å². The van der Waals surface area contributed by atoms with Crippen LogP contribution in [0, 0.1) is 6.92 Å². The summed E-state index contributed by atoms with van der Waals surface area (Å²) in [6, 6.07) is 7.53. The predicted molar refractivity (Wildman–Crippen MR) is 71.5 cm³/mol. The molecule has 1 aromatic carbocycles. The van der Waals surface area contributed by atoms with E-state index in [0.717, 1.165) is 17.4 Å². The third-order valence-electron chi connectivity index (χ3n) is 2.95. The van der Waals surface area contributed by atoms with Gasteiger partial charge in [-0.15, -0.1) is 0 Å². The maximum absolute atomic E-state index is 11.3. The summed E-state index contributed by atoms with van der Waals surface area (Å²) in [5.41, 5.74) is 1.81. The lowest BCUT2D eigenvalue weighted by Crippen LogP contribution is -2.10. The van der Waals surface area contributed by atoms with Gasteiger partial charge in [0.2, 0.25) is 0 Å².